The van der Waals surface area contributed by atoms with E-state index in [4.69, 9.17) is 9.15 Å². The number of furan rings is 1. The monoisotopic (exact) mass is 391 g/mol. The summed E-state index contributed by atoms with van der Waals surface area (Å²) in [6, 6.07) is 6.72. The van der Waals surface area contributed by atoms with Gasteiger partial charge in [-0.25, -0.2) is 4.79 Å². The Morgan fingerprint density at radius 2 is 1.78 bits per heavy atom. The van der Waals surface area contributed by atoms with Gasteiger partial charge in [0.25, 0.3) is 5.91 Å². The van der Waals surface area contributed by atoms with Crippen LogP contribution < -0.4 is 5.32 Å². The zero-order valence-corrected chi connectivity index (χ0v) is 12.9. The summed E-state index contributed by atoms with van der Waals surface area (Å²) in [6.45, 7) is -0.599. The molecular weight excluding hydrogens is 383 g/mol. The van der Waals surface area contributed by atoms with Gasteiger partial charge in [-0.3, -0.25) is 4.79 Å². The van der Waals surface area contributed by atoms with Gasteiger partial charge in [0.2, 0.25) is 5.76 Å². The highest BCUT2D eigenvalue weighted by atomic mass is 79.9. The number of esters is 1. The van der Waals surface area contributed by atoms with Crippen LogP contribution in [0, 0.1) is 0 Å². The smallest absolute Gasteiger partial charge is 0.416 e. The van der Waals surface area contributed by atoms with E-state index in [1.807, 2.05) is 0 Å². The number of anilines is 1. The predicted molar refractivity (Wildman–Crippen MR) is 76.8 cm³/mol. The van der Waals surface area contributed by atoms with Crippen LogP contribution in [0.1, 0.15) is 16.1 Å². The summed E-state index contributed by atoms with van der Waals surface area (Å²) in [5.74, 6) is -1.61. The highest BCUT2D eigenvalue weighted by Gasteiger charge is 2.30. The molecule has 2 rings (SSSR count). The van der Waals surface area contributed by atoms with Crippen molar-refractivity contribution in [3.63, 3.8) is 0 Å². The first-order chi connectivity index (χ1) is 10.8. The Morgan fingerprint density at radius 1 is 1.13 bits per heavy atom. The van der Waals surface area contributed by atoms with Gasteiger partial charge in [0.15, 0.2) is 11.3 Å². The maximum absolute atomic E-state index is 12.4. The van der Waals surface area contributed by atoms with Crippen LogP contribution in [0.3, 0.4) is 0 Å². The van der Waals surface area contributed by atoms with E-state index < -0.39 is 30.2 Å². The van der Waals surface area contributed by atoms with Gasteiger partial charge < -0.3 is 14.5 Å². The molecule has 1 heterocycles. The summed E-state index contributed by atoms with van der Waals surface area (Å²) >= 11 is 3.01. The molecule has 0 aliphatic heterocycles. The number of alkyl halides is 3. The molecule has 0 bridgehead atoms. The maximum Gasteiger partial charge on any atom is 0.416 e. The van der Waals surface area contributed by atoms with Crippen molar-refractivity contribution in [2.45, 2.75) is 6.18 Å². The summed E-state index contributed by atoms with van der Waals surface area (Å²) in [6.07, 6.45) is -4.45. The Balaban J connectivity index is 1.86. The number of carbonyl (C=O) groups is 2. The van der Waals surface area contributed by atoms with E-state index in [0.717, 1.165) is 24.3 Å². The largest absolute Gasteiger partial charge is 0.450 e. The van der Waals surface area contributed by atoms with Crippen LogP contribution in [-0.2, 0) is 15.7 Å². The van der Waals surface area contributed by atoms with E-state index in [1.54, 1.807) is 0 Å². The van der Waals surface area contributed by atoms with Crippen LogP contribution in [0.25, 0.3) is 0 Å². The van der Waals surface area contributed by atoms with Crippen LogP contribution in [0.2, 0.25) is 0 Å². The van der Waals surface area contributed by atoms with Crippen molar-refractivity contribution in [2.75, 3.05) is 11.9 Å². The van der Waals surface area contributed by atoms with E-state index in [2.05, 4.69) is 21.2 Å². The Kier molecular flexibility index (Phi) is 5.09. The Bertz CT molecular complexity index is 710. The topological polar surface area (TPSA) is 68.5 Å². The fraction of sp³-hybridized carbons (Fsp3) is 0.143. The van der Waals surface area contributed by atoms with Crippen molar-refractivity contribution < 1.29 is 31.9 Å². The van der Waals surface area contributed by atoms with Crippen molar-refractivity contribution in [1.29, 1.82) is 0 Å². The molecule has 5 nitrogen and oxygen atoms in total. The van der Waals surface area contributed by atoms with E-state index in [0.29, 0.717) is 4.67 Å². The van der Waals surface area contributed by atoms with Crippen molar-refractivity contribution in [2.24, 2.45) is 0 Å². The average Bonchev–Trinajstić information content (AvgIpc) is 2.91. The van der Waals surface area contributed by atoms with Gasteiger partial charge >= 0.3 is 12.1 Å². The van der Waals surface area contributed by atoms with Gasteiger partial charge in [-0.1, -0.05) is 0 Å². The van der Waals surface area contributed by atoms with Gasteiger partial charge in [-0.2, -0.15) is 13.2 Å². The van der Waals surface area contributed by atoms with E-state index >= 15 is 0 Å². The number of amides is 1. The standard InChI is InChI=1S/C14H9BrF3NO4/c15-11-6-5-10(23-11)13(21)22-7-12(20)19-9-3-1-8(2-4-9)14(16,17)18/h1-6H,7H2,(H,19,20). The van der Waals surface area contributed by atoms with E-state index in [1.165, 1.54) is 12.1 Å². The van der Waals surface area contributed by atoms with Gasteiger partial charge in [0.1, 0.15) is 0 Å². The van der Waals surface area contributed by atoms with Crippen LogP contribution in [-0.4, -0.2) is 18.5 Å². The third kappa shape index (κ3) is 4.85. The molecule has 1 aromatic carbocycles. The molecule has 1 amide bonds. The molecule has 0 fully saturated rings. The SMILES string of the molecule is O=C(COC(=O)c1ccc(Br)o1)Nc1ccc(C(F)(F)F)cc1. The molecule has 0 unspecified atom stereocenters. The lowest BCUT2D eigenvalue weighted by Gasteiger charge is -2.09. The van der Waals surface area contributed by atoms with Crippen LogP contribution in [0.15, 0.2) is 45.5 Å². The second kappa shape index (κ2) is 6.86. The summed E-state index contributed by atoms with van der Waals surface area (Å²) in [7, 11) is 0. The second-order valence-electron chi connectivity index (χ2n) is 4.30. The molecular formula is C14H9BrF3NO4. The molecule has 0 atom stereocenters. The van der Waals surface area contributed by atoms with Crippen LogP contribution >= 0.6 is 15.9 Å². The van der Waals surface area contributed by atoms with Crippen molar-refractivity contribution in [1.82, 2.24) is 0 Å². The normalized spacial score (nSPS) is 11.1. The summed E-state index contributed by atoms with van der Waals surface area (Å²) in [4.78, 5) is 23.1. The number of hydrogen-bond acceptors (Lipinski definition) is 4. The molecule has 1 aromatic heterocycles. The third-order valence-corrected chi connectivity index (χ3v) is 3.03. The summed E-state index contributed by atoms with van der Waals surface area (Å²) < 4.78 is 47.2. The van der Waals surface area contributed by atoms with Crippen molar-refractivity contribution in [3.05, 3.63) is 52.4 Å². The molecule has 23 heavy (non-hydrogen) atoms. The highest BCUT2D eigenvalue weighted by molar-refractivity contribution is 9.10. The number of rotatable bonds is 4. The predicted octanol–water partition coefficient (Wildman–Crippen LogP) is 3.86. The first-order valence-electron chi connectivity index (χ1n) is 6.15. The van der Waals surface area contributed by atoms with Gasteiger partial charge in [-0.05, 0) is 52.3 Å². The molecule has 9 heteroatoms. The number of nitrogens with one attached hydrogen (secondary N) is 1. The zero-order valence-electron chi connectivity index (χ0n) is 11.3. The first kappa shape index (κ1) is 17.1. The average molecular weight is 392 g/mol. The van der Waals surface area contributed by atoms with Gasteiger partial charge in [0.05, 0.1) is 5.56 Å². The van der Waals surface area contributed by atoms with Crippen molar-refractivity contribution >= 4 is 33.5 Å². The summed E-state index contributed by atoms with van der Waals surface area (Å²) in [5.41, 5.74) is -0.676. The molecule has 0 spiro atoms. The Labute approximate surface area is 136 Å². The molecule has 0 aliphatic rings. The number of hydrogen-bond donors (Lipinski definition) is 1. The minimum Gasteiger partial charge on any atom is -0.450 e. The minimum atomic E-state index is -4.45. The summed E-state index contributed by atoms with van der Waals surface area (Å²) in [5, 5.41) is 2.31. The third-order valence-electron chi connectivity index (χ3n) is 2.60. The maximum atomic E-state index is 12.4. The number of halogens is 4. The Morgan fingerprint density at radius 3 is 2.30 bits per heavy atom. The number of benzene rings is 1. The lowest BCUT2D eigenvalue weighted by atomic mass is 10.2. The molecule has 0 saturated heterocycles. The molecule has 0 aliphatic carbocycles. The number of ether oxygens (including phenoxy) is 1. The van der Waals surface area contributed by atoms with E-state index in [-0.39, 0.29) is 11.4 Å². The first-order valence-corrected chi connectivity index (χ1v) is 6.94. The second-order valence-corrected chi connectivity index (χ2v) is 5.08. The van der Waals surface area contributed by atoms with Crippen molar-refractivity contribution in [3.8, 4) is 0 Å². The molecule has 2 aromatic rings. The molecule has 122 valence electrons. The van der Waals surface area contributed by atoms with Crippen LogP contribution in [0.4, 0.5) is 18.9 Å². The minimum absolute atomic E-state index is 0.0841. The Hall–Kier alpha value is -2.29. The lowest BCUT2D eigenvalue weighted by molar-refractivity contribution is -0.137. The molecule has 0 radical (unpaired) electrons. The lowest BCUT2D eigenvalue weighted by Crippen LogP contribution is -2.20. The quantitative estimate of drug-likeness (QED) is 0.803. The van der Waals surface area contributed by atoms with Crippen LogP contribution in [0.5, 0.6) is 0 Å². The zero-order chi connectivity index (χ0) is 17.0. The highest BCUT2D eigenvalue weighted by Crippen LogP contribution is 2.29. The molecule has 1 N–H and O–H groups in total. The van der Waals surface area contributed by atoms with Gasteiger partial charge in [0, 0.05) is 5.69 Å². The number of carbonyl (C=O) groups excluding carboxylic acids is 2. The molecule has 0 saturated carbocycles. The fourth-order valence-electron chi connectivity index (χ4n) is 1.57. The van der Waals surface area contributed by atoms with Gasteiger partial charge in [-0.15, -0.1) is 0 Å². The van der Waals surface area contributed by atoms with E-state index in [9.17, 15) is 22.8 Å². The fourth-order valence-corrected chi connectivity index (χ4v) is 1.87.